The fourth-order valence-corrected chi connectivity index (χ4v) is 2.95. The van der Waals surface area contributed by atoms with E-state index in [2.05, 4.69) is 20.4 Å². The van der Waals surface area contributed by atoms with Gasteiger partial charge in [-0.1, -0.05) is 12.1 Å². The minimum Gasteiger partial charge on any atom is -0.378 e. The van der Waals surface area contributed by atoms with E-state index >= 15 is 0 Å². The third-order valence-electron chi connectivity index (χ3n) is 4.38. The Morgan fingerprint density at radius 3 is 3.00 bits per heavy atom. The summed E-state index contributed by atoms with van der Waals surface area (Å²) in [4.78, 5) is 23.3. The highest BCUT2D eigenvalue weighted by Gasteiger charge is 2.22. The maximum absolute atomic E-state index is 12.6. The summed E-state index contributed by atoms with van der Waals surface area (Å²) in [5.41, 5.74) is 0.757. The molecule has 4 rings (SSSR count). The summed E-state index contributed by atoms with van der Waals surface area (Å²) in [6.45, 7) is 4.75. The lowest BCUT2D eigenvalue weighted by Gasteiger charge is -2.25. The van der Waals surface area contributed by atoms with Crippen LogP contribution in [-0.2, 0) is 4.74 Å². The van der Waals surface area contributed by atoms with E-state index in [1.165, 1.54) is 0 Å². The predicted octanol–water partition coefficient (Wildman–Crippen LogP) is 1.43. The number of carbonyl (C=O) groups excluding carboxylic acids is 1. The molecule has 9 heteroatoms. The van der Waals surface area contributed by atoms with Crippen LogP contribution in [0.1, 0.15) is 35.6 Å². The number of nitrogens with one attached hydrogen (secondary N) is 1. The fraction of sp³-hybridized carbons (Fsp3) is 0.412. The van der Waals surface area contributed by atoms with E-state index in [1.807, 2.05) is 34.7 Å². The van der Waals surface area contributed by atoms with E-state index in [9.17, 15) is 4.79 Å². The molecule has 0 aromatic carbocycles. The highest BCUT2D eigenvalue weighted by Crippen LogP contribution is 2.19. The van der Waals surface area contributed by atoms with Crippen molar-refractivity contribution in [3.05, 3.63) is 42.2 Å². The van der Waals surface area contributed by atoms with Gasteiger partial charge in [-0.3, -0.25) is 9.20 Å². The number of imidazole rings is 1. The molecule has 0 saturated carbocycles. The molecule has 9 nitrogen and oxygen atoms in total. The molecule has 1 saturated heterocycles. The molecule has 3 aromatic rings. The molecule has 0 spiro atoms. The number of carbonyl (C=O) groups is 1. The van der Waals surface area contributed by atoms with Gasteiger partial charge in [0, 0.05) is 37.7 Å². The van der Waals surface area contributed by atoms with Gasteiger partial charge >= 0.3 is 0 Å². The average Bonchev–Trinajstić information content (AvgIpc) is 3.33. The van der Waals surface area contributed by atoms with Gasteiger partial charge in [0.15, 0.2) is 5.82 Å². The molecule has 0 aliphatic carbocycles. The largest absolute Gasteiger partial charge is 0.378 e. The monoisotopic (exact) mass is 356 g/mol. The van der Waals surface area contributed by atoms with E-state index in [0.29, 0.717) is 31.2 Å². The van der Waals surface area contributed by atoms with Crippen molar-refractivity contribution in [2.45, 2.75) is 19.4 Å². The van der Waals surface area contributed by atoms with Crippen LogP contribution in [0.15, 0.2) is 35.2 Å². The first-order chi connectivity index (χ1) is 12.7. The van der Waals surface area contributed by atoms with Crippen molar-refractivity contribution < 1.29 is 14.1 Å². The SMILES string of the molecule is CCC(NC(=O)c1cc(N2CCOCC2)no1)c1cn2cccnc2n1. The second-order valence-electron chi connectivity index (χ2n) is 6.08. The Morgan fingerprint density at radius 1 is 1.38 bits per heavy atom. The van der Waals surface area contributed by atoms with Gasteiger partial charge in [0.1, 0.15) is 0 Å². The maximum Gasteiger partial charge on any atom is 0.290 e. The minimum absolute atomic E-state index is 0.187. The second-order valence-corrected chi connectivity index (χ2v) is 6.08. The third-order valence-corrected chi connectivity index (χ3v) is 4.38. The first kappa shape index (κ1) is 16.5. The predicted molar refractivity (Wildman–Crippen MR) is 93.0 cm³/mol. The zero-order valence-corrected chi connectivity index (χ0v) is 14.5. The Bertz CT molecular complexity index is 866. The molecule has 26 heavy (non-hydrogen) atoms. The third kappa shape index (κ3) is 3.25. The summed E-state index contributed by atoms with van der Waals surface area (Å²) in [5.74, 6) is 1.13. The topological polar surface area (TPSA) is 97.8 Å². The van der Waals surface area contributed by atoms with Gasteiger partial charge in [-0.05, 0) is 12.5 Å². The lowest BCUT2D eigenvalue weighted by molar-refractivity contribution is 0.0897. The molecule has 3 aromatic heterocycles. The molecule has 1 aliphatic heterocycles. The van der Waals surface area contributed by atoms with Gasteiger partial charge in [-0.15, -0.1) is 0 Å². The van der Waals surface area contributed by atoms with Crippen molar-refractivity contribution in [3.63, 3.8) is 0 Å². The summed E-state index contributed by atoms with van der Waals surface area (Å²) in [5, 5.41) is 6.96. The number of hydrogen-bond donors (Lipinski definition) is 1. The van der Waals surface area contributed by atoms with Gasteiger partial charge in [0.2, 0.25) is 11.5 Å². The molecule has 1 atom stereocenters. The second kappa shape index (κ2) is 7.12. The Balaban J connectivity index is 1.48. The molecule has 1 amide bonds. The number of hydrogen-bond acceptors (Lipinski definition) is 7. The standard InChI is InChI=1S/C17H20N6O3/c1-2-12(13-11-23-5-3-4-18-17(23)20-13)19-16(24)14-10-15(21-26-14)22-6-8-25-9-7-22/h3-5,10-12H,2,6-9H2,1H3,(H,19,24). The van der Waals surface area contributed by atoms with Gasteiger partial charge < -0.3 is 19.5 Å². The summed E-state index contributed by atoms with van der Waals surface area (Å²) < 4.78 is 12.4. The van der Waals surface area contributed by atoms with Crippen molar-refractivity contribution in [1.82, 2.24) is 24.8 Å². The molecule has 1 fully saturated rings. The van der Waals surface area contributed by atoms with Crippen molar-refractivity contribution in [1.29, 1.82) is 0 Å². The summed E-state index contributed by atoms with van der Waals surface area (Å²) >= 11 is 0. The molecular formula is C17H20N6O3. The maximum atomic E-state index is 12.6. The molecule has 1 N–H and O–H groups in total. The zero-order chi connectivity index (χ0) is 17.9. The number of morpholine rings is 1. The number of anilines is 1. The molecule has 136 valence electrons. The molecular weight excluding hydrogens is 336 g/mol. The van der Waals surface area contributed by atoms with Crippen LogP contribution in [0.3, 0.4) is 0 Å². The first-order valence-electron chi connectivity index (χ1n) is 8.64. The quantitative estimate of drug-likeness (QED) is 0.738. The van der Waals surface area contributed by atoms with Crippen LogP contribution < -0.4 is 10.2 Å². The van der Waals surface area contributed by atoms with Crippen molar-refractivity contribution in [3.8, 4) is 0 Å². The minimum atomic E-state index is -0.311. The summed E-state index contributed by atoms with van der Waals surface area (Å²) in [6, 6.07) is 3.26. The van der Waals surface area contributed by atoms with E-state index < -0.39 is 0 Å². The number of fused-ring (bicyclic) bond motifs is 1. The van der Waals surface area contributed by atoms with Gasteiger partial charge in [-0.2, -0.15) is 0 Å². The van der Waals surface area contributed by atoms with Gasteiger partial charge in [-0.25, -0.2) is 9.97 Å². The highest BCUT2D eigenvalue weighted by atomic mass is 16.5. The Morgan fingerprint density at radius 2 is 2.23 bits per heavy atom. The van der Waals surface area contributed by atoms with Crippen LogP contribution in [0.5, 0.6) is 0 Å². The smallest absolute Gasteiger partial charge is 0.290 e. The summed E-state index contributed by atoms with van der Waals surface area (Å²) in [6.07, 6.45) is 6.13. The number of aromatic nitrogens is 4. The normalized spacial score (nSPS) is 16.0. The van der Waals surface area contributed by atoms with Crippen LogP contribution in [-0.4, -0.2) is 51.7 Å². The fourth-order valence-electron chi connectivity index (χ4n) is 2.95. The van der Waals surface area contributed by atoms with Crippen molar-refractivity contribution in [2.75, 3.05) is 31.2 Å². The number of nitrogens with zero attached hydrogens (tertiary/aromatic N) is 5. The molecule has 1 aliphatic rings. The summed E-state index contributed by atoms with van der Waals surface area (Å²) in [7, 11) is 0. The van der Waals surface area contributed by atoms with E-state index in [4.69, 9.17) is 9.26 Å². The Labute approximate surface area is 150 Å². The molecule has 0 bridgehead atoms. The van der Waals surface area contributed by atoms with Crippen LogP contribution in [0.25, 0.3) is 5.78 Å². The lowest BCUT2D eigenvalue weighted by Crippen LogP contribution is -2.36. The first-order valence-corrected chi connectivity index (χ1v) is 8.64. The zero-order valence-electron chi connectivity index (χ0n) is 14.5. The molecule has 1 unspecified atom stereocenters. The van der Waals surface area contributed by atoms with Crippen molar-refractivity contribution >= 4 is 17.5 Å². The van der Waals surface area contributed by atoms with E-state index in [0.717, 1.165) is 18.8 Å². The number of amides is 1. The van der Waals surface area contributed by atoms with E-state index in [1.54, 1.807) is 12.3 Å². The number of rotatable bonds is 5. The van der Waals surface area contributed by atoms with Crippen LogP contribution in [0, 0.1) is 0 Å². The Hall–Kier alpha value is -2.94. The lowest BCUT2D eigenvalue weighted by atomic mass is 10.1. The van der Waals surface area contributed by atoms with Crippen molar-refractivity contribution in [2.24, 2.45) is 0 Å². The van der Waals surface area contributed by atoms with Gasteiger partial charge in [0.25, 0.3) is 5.91 Å². The highest BCUT2D eigenvalue weighted by molar-refractivity contribution is 5.92. The Kier molecular flexibility index (Phi) is 4.53. The molecule has 0 radical (unpaired) electrons. The number of ether oxygens (including phenoxy) is 1. The van der Waals surface area contributed by atoms with Crippen LogP contribution in [0.2, 0.25) is 0 Å². The van der Waals surface area contributed by atoms with Crippen LogP contribution in [0.4, 0.5) is 5.82 Å². The molecule has 4 heterocycles. The van der Waals surface area contributed by atoms with Gasteiger partial charge in [0.05, 0.1) is 24.9 Å². The van der Waals surface area contributed by atoms with Crippen LogP contribution >= 0.6 is 0 Å². The average molecular weight is 356 g/mol. The van der Waals surface area contributed by atoms with E-state index in [-0.39, 0.29) is 17.7 Å².